The third-order valence-electron chi connectivity index (χ3n) is 8.05. The van der Waals surface area contributed by atoms with E-state index in [0.717, 1.165) is 41.8 Å². The molecule has 2 amide bonds. The summed E-state index contributed by atoms with van der Waals surface area (Å²) in [6, 6.07) is 9.12. The highest BCUT2D eigenvalue weighted by molar-refractivity contribution is 7.89. The molecule has 3 aliphatic rings. The highest BCUT2D eigenvalue weighted by Gasteiger charge is 2.41. The number of aryl methyl sites for hydroxylation is 1. The van der Waals surface area contributed by atoms with Crippen molar-refractivity contribution in [3.8, 4) is 10.4 Å². The Bertz CT molecular complexity index is 1630. The van der Waals surface area contributed by atoms with Crippen molar-refractivity contribution in [2.24, 2.45) is 5.92 Å². The van der Waals surface area contributed by atoms with Gasteiger partial charge in [0.1, 0.15) is 11.6 Å². The molecule has 41 heavy (non-hydrogen) atoms. The molecule has 12 heteroatoms. The fourth-order valence-electron chi connectivity index (χ4n) is 5.73. The van der Waals surface area contributed by atoms with E-state index in [-0.39, 0.29) is 34.9 Å². The third-order valence-corrected chi connectivity index (χ3v) is 10.7. The molecule has 0 unspecified atom stereocenters. The van der Waals surface area contributed by atoms with Gasteiger partial charge in [-0.25, -0.2) is 23.1 Å². The fraction of sp³-hybridized carbons (Fsp3) is 0.448. The lowest BCUT2D eigenvalue weighted by Crippen LogP contribution is -2.35. The highest BCUT2D eigenvalue weighted by Crippen LogP contribution is 2.42. The number of nitrogens with one attached hydrogen (secondary N) is 2. The van der Waals surface area contributed by atoms with Crippen molar-refractivity contribution in [3.05, 3.63) is 47.2 Å². The lowest BCUT2D eigenvalue weighted by Gasteiger charge is -2.25. The number of rotatable bonds is 9. The Labute approximate surface area is 244 Å². The maximum atomic E-state index is 13.5. The summed E-state index contributed by atoms with van der Waals surface area (Å²) in [5.41, 5.74) is 2.44. The van der Waals surface area contributed by atoms with Gasteiger partial charge in [0.2, 0.25) is 15.9 Å². The molecular weight excluding hydrogens is 560 g/mol. The van der Waals surface area contributed by atoms with E-state index in [1.165, 1.54) is 11.3 Å². The first kappa shape index (κ1) is 27.8. The number of anilines is 3. The number of fused-ring (bicyclic) bond motifs is 1. The SMILES string of the molecule is CCNS(=O)(=O)c1cc(-c2sc(Nc3cccc(N4CCCCC4=O)n3)nc2C)cc2c1C(=O)N([C@@H](C)C1CC1)C2. The van der Waals surface area contributed by atoms with Gasteiger partial charge in [0, 0.05) is 32.1 Å². The Kier molecular flexibility index (Phi) is 7.33. The topological polar surface area (TPSA) is 125 Å². The predicted octanol–water partition coefficient (Wildman–Crippen LogP) is 4.83. The van der Waals surface area contributed by atoms with Crippen LogP contribution in [0.25, 0.3) is 10.4 Å². The third kappa shape index (κ3) is 5.35. The van der Waals surface area contributed by atoms with Crippen LogP contribution in [-0.2, 0) is 21.4 Å². The number of carbonyl (C=O) groups excluding carboxylic acids is 2. The Hall–Kier alpha value is -3.35. The predicted molar refractivity (Wildman–Crippen MR) is 159 cm³/mol. The minimum atomic E-state index is -3.90. The summed E-state index contributed by atoms with van der Waals surface area (Å²) < 4.78 is 29.2. The van der Waals surface area contributed by atoms with Gasteiger partial charge in [0.25, 0.3) is 5.91 Å². The molecule has 216 valence electrons. The number of piperidine rings is 1. The molecule has 2 fully saturated rings. The van der Waals surface area contributed by atoms with Crippen LogP contribution >= 0.6 is 11.3 Å². The zero-order valence-corrected chi connectivity index (χ0v) is 25.1. The zero-order chi connectivity index (χ0) is 28.9. The molecule has 2 N–H and O–H groups in total. The molecule has 1 aromatic carbocycles. The van der Waals surface area contributed by atoms with Crippen molar-refractivity contribution in [3.63, 3.8) is 0 Å². The molecule has 3 aromatic rings. The minimum Gasteiger partial charge on any atom is -0.331 e. The summed E-state index contributed by atoms with van der Waals surface area (Å²) in [7, 11) is -3.90. The molecule has 6 rings (SSSR count). The number of pyridine rings is 1. The molecule has 2 aromatic heterocycles. The highest BCUT2D eigenvalue weighted by atomic mass is 32.2. The second kappa shape index (κ2) is 10.8. The van der Waals surface area contributed by atoms with Crippen LogP contribution < -0.4 is 14.9 Å². The number of hydrogen-bond donors (Lipinski definition) is 2. The van der Waals surface area contributed by atoms with E-state index in [1.807, 2.05) is 36.1 Å². The van der Waals surface area contributed by atoms with Crippen molar-refractivity contribution in [1.29, 1.82) is 0 Å². The average Bonchev–Trinajstić information content (AvgIpc) is 3.66. The van der Waals surface area contributed by atoms with Crippen molar-refractivity contribution in [2.75, 3.05) is 23.3 Å². The van der Waals surface area contributed by atoms with E-state index >= 15 is 0 Å². The molecule has 1 atom stereocenters. The van der Waals surface area contributed by atoms with Gasteiger partial charge in [0.05, 0.1) is 21.0 Å². The molecule has 1 saturated carbocycles. The van der Waals surface area contributed by atoms with Crippen molar-refractivity contribution in [2.45, 2.75) is 70.4 Å². The lowest BCUT2D eigenvalue weighted by molar-refractivity contribution is -0.119. The molecule has 1 aliphatic carbocycles. The number of thiazole rings is 1. The average molecular weight is 595 g/mol. The largest absolute Gasteiger partial charge is 0.331 e. The van der Waals surface area contributed by atoms with Gasteiger partial charge >= 0.3 is 0 Å². The van der Waals surface area contributed by atoms with Crippen LogP contribution in [0.4, 0.5) is 16.8 Å². The number of carbonyl (C=O) groups is 2. The smallest absolute Gasteiger partial charge is 0.256 e. The Balaban J connectivity index is 1.33. The first-order chi connectivity index (χ1) is 19.7. The van der Waals surface area contributed by atoms with Gasteiger partial charge in [-0.15, -0.1) is 0 Å². The summed E-state index contributed by atoms with van der Waals surface area (Å²) in [5.74, 6) is 1.51. The molecule has 2 aliphatic heterocycles. The maximum absolute atomic E-state index is 13.5. The van der Waals surface area contributed by atoms with Crippen LogP contribution in [0, 0.1) is 12.8 Å². The van der Waals surface area contributed by atoms with Crippen LogP contribution in [-0.4, -0.2) is 54.2 Å². The van der Waals surface area contributed by atoms with E-state index in [9.17, 15) is 18.0 Å². The van der Waals surface area contributed by atoms with Gasteiger partial charge in [-0.3, -0.25) is 14.5 Å². The second-order valence-corrected chi connectivity index (χ2v) is 13.7. The number of nitrogens with zero attached hydrogens (tertiary/aromatic N) is 4. The maximum Gasteiger partial charge on any atom is 0.256 e. The monoisotopic (exact) mass is 594 g/mol. The van der Waals surface area contributed by atoms with E-state index in [4.69, 9.17) is 4.98 Å². The van der Waals surface area contributed by atoms with E-state index in [2.05, 4.69) is 21.9 Å². The van der Waals surface area contributed by atoms with Gasteiger partial charge in [-0.1, -0.05) is 24.3 Å². The number of amides is 2. The van der Waals surface area contributed by atoms with E-state index < -0.39 is 10.0 Å². The van der Waals surface area contributed by atoms with Crippen molar-refractivity contribution in [1.82, 2.24) is 19.6 Å². The summed E-state index contributed by atoms with van der Waals surface area (Å²) >= 11 is 1.39. The second-order valence-electron chi connectivity index (χ2n) is 11.0. The van der Waals surface area contributed by atoms with Gasteiger partial charge in [-0.05, 0) is 80.8 Å². The van der Waals surface area contributed by atoms with Crippen molar-refractivity contribution < 1.29 is 18.0 Å². The molecule has 0 bridgehead atoms. The molecule has 1 saturated heterocycles. The molecule has 10 nitrogen and oxygen atoms in total. The molecule has 0 radical (unpaired) electrons. The summed E-state index contributed by atoms with van der Waals surface area (Å²) in [6.45, 7) is 6.93. The number of sulfonamides is 1. The Morgan fingerprint density at radius 2 is 1.95 bits per heavy atom. The zero-order valence-electron chi connectivity index (χ0n) is 23.4. The number of benzene rings is 1. The fourth-order valence-corrected chi connectivity index (χ4v) is 8.00. The summed E-state index contributed by atoms with van der Waals surface area (Å²) in [6.07, 6.45) is 4.58. The standard InChI is InChI=1S/C29H34N6O4S2/c1-4-30-41(38,39)22-15-20(14-21-16-35(28(37)26(21)22)18(3)19-11-12-19)27-17(2)31-29(40-27)33-23-8-7-9-24(32-23)34-13-6-5-10-25(34)36/h7-9,14-15,18-19,30H,4-6,10-13,16H2,1-3H3,(H,31,32,33)/t18-/m0/s1. The Morgan fingerprint density at radius 3 is 2.68 bits per heavy atom. The Morgan fingerprint density at radius 1 is 1.15 bits per heavy atom. The van der Waals surface area contributed by atoms with Crippen LogP contribution in [0.1, 0.15) is 67.6 Å². The lowest BCUT2D eigenvalue weighted by atomic mass is 10.0. The molecular formula is C29H34N6O4S2. The minimum absolute atomic E-state index is 0.0187. The van der Waals surface area contributed by atoms with Crippen LogP contribution in [0.2, 0.25) is 0 Å². The van der Waals surface area contributed by atoms with Crippen LogP contribution in [0.3, 0.4) is 0 Å². The van der Waals surface area contributed by atoms with E-state index in [1.54, 1.807) is 17.9 Å². The molecule has 4 heterocycles. The van der Waals surface area contributed by atoms with Crippen molar-refractivity contribution >= 4 is 49.9 Å². The summed E-state index contributed by atoms with van der Waals surface area (Å²) in [5, 5.41) is 3.86. The molecule has 0 spiro atoms. The quantitative estimate of drug-likeness (QED) is 0.364. The van der Waals surface area contributed by atoms with Gasteiger partial charge < -0.3 is 10.2 Å². The van der Waals surface area contributed by atoms with Crippen LogP contribution in [0.15, 0.2) is 35.2 Å². The van der Waals surface area contributed by atoms with Crippen LogP contribution in [0.5, 0.6) is 0 Å². The first-order valence-corrected chi connectivity index (χ1v) is 16.5. The first-order valence-electron chi connectivity index (χ1n) is 14.2. The van der Waals surface area contributed by atoms with E-state index in [0.29, 0.717) is 47.8 Å². The summed E-state index contributed by atoms with van der Waals surface area (Å²) in [4.78, 5) is 39.6. The normalized spacial score (nSPS) is 18.1. The van der Waals surface area contributed by atoms with Gasteiger partial charge in [0.15, 0.2) is 5.13 Å². The number of aromatic nitrogens is 2. The van der Waals surface area contributed by atoms with Gasteiger partial charge in [-0.2, -0.15) is 0 Å². The number of hydrogen-bond acceptors (Lipinski definition) is 8.